The average molecular weight is 280 g/mol. The van der Waals surface area contributed by atoms with Crippen molar-refractivity contribution in [2.45, 2.75) is 26.0 Å². The smallest absolute Gasteiger partial charge is 0.328 e. The zero-order valence-corrected chi connectivity index (χ0v) is 11.1. The summed E-state index contributed by atoms with van der Waals surface area (Å²) in [7, 11) is 0. The maximum atomic E-state index is 11.9. The summed E-state index contributed by atoms with van der Waals surface area (Å²) in [6, 6.07) is 4.64. The predicted molar refractivity (Wildman–Crippen MR) is 71.3 cm³/mol. The Balaban J connectivity index is 2.86. The first-order valence-electron chi connectivity index (χ1n) is 5.90. The lowest BCUT2D eigenvalue weighted by molar-refractivity contribution is -0.141. The van der Waals surface area contributed by atoms with E-state index >= 15 is 0 Å². The molecule has 2 amide bonds. The van der Waals surface area contributed by atoms with Gasteiger partial charge in [0.05, 0.1) is 6.10 Å². The third-order valence-electron chi connectivity index (χ3n) is 2.48. The Morgan fingerprint density at radius 2 is 1.90 bits per heavy atom. The van der Waals surface area contributed by atoms with E-state index in [1.807, 2.05) is 0 Å². The van der Waals surface area contributed by atoms with Crippen LogP contribution >= 0.6 is 0 Å². The van der Waals surface area contributed by atoms with Crippen molar-refractivity contribution in [3.63, 3.8) is 0 Å². The summed E-state index contributed by atoms with van der Waals surface area (Å²) in [6.07, 6.45) is -1.23. The van der Waals surface area contributed by atoms with Crippen LogP contribution in [0.25, 0.3) is 0 Å². The second-order valence-corrected chi connectivity index (χ2v) is 4.29. The lowest BCUT2D eigenvalue weighted by atomic mass is 10.1. The lowest BCUT2D eigenvalue weighted by Crippen LogP contribution is -2.47. The van der Waals surface area contributed by atoms with Crippen LogP contribution in [-0.4, -0.2) is 40.1 Å². The molecule has 0 aliphatic rings. The molecule has 0 heterocycles. The van der Waals surface area contributed by atoms with Crippen LogP contribution in [0, 0.1) is 0 Å². The van der Waals surface area contributed by atoms with Gasteiger partial charge in [0.25, 0.3) is 5.91 Å². The van der Waals surface area contributed by atoms with Gasteiger partial charge in [-0.1, -0.05) is 6.07 Å². The molecule has 1 rings (SSSR count). The second-order valence-electron chi connectivity index (χ2n) is 4.29. The number of hydrogen-bond acceptors (Lipinski definition) is 4. The average Bonchev–Trinajstić information content (AvgIpc) is 2.34. The standard InChI is InChI=1S/C13H16N2O5/c1-7(16)11(13(19)20)15-12(18)9-4-3-5-10(6-9)14-8(2)17/h3-7,11,16H,1-2H3,(H,14,17)(H,15,18)(H,19,20). The van der Waals surface area contributed by atoms with Gasteiger partial charge in [-0.2, -0.15) is 0 Å². The molecule has 7 nitrogen and oxygen atoms in total. The summed E-state index contributed by atoms with van der Waals surface area (Å²) < 4.78 is 0. The van der Waals surface area contributed by atoms with Crippen LogP contribution in [0.2, 0.25) is 0 Å². The van der Waals surface area contributed by atoms with Crippen molar-refractivity contribution in [2.24, 2.45) is 0 Å². The van der Waals surface area contributed by atoms with Crippen molar-refractivity contribution in [1.82, 2.24) is 5.32 Å². The quantitative estimate of drug-likeness (QED) is 0.615. The number of aliphatic hydroxyl groups is 1. The molecule has 108 valence electrons. The highest BCUT2D eigenvalue weighted by Crippen LogP contribution is 2.11. The van der Waals surface area contributed by atoms with Crippen LogP contribution in [0.5, 0.6) is 0 Å². The number of carbonyl (C=O) groups excluding carboxylic acids is 2. The second kappa shape index (κ2) is 6.67. The Morgan fingerprint density at radius 1 is 1.25 bits per heavy atom. The normalized spacial score (nSPS) is 13.2. The molecule has 0 aliphatic carbocycles. The van der Waals surface area contributed by atoms with Crippen LogP contribution in [0.1, 0.15) is 24.2 Å². The number of anilines is 1. The van der Waals surface area contributed by atoms with Crippen molar-refractivity contribution >= 4 is 23.5 Å². The van der Waals surface area contributed by atoms with E-state index in [1.165, 1.54) is 26.0 Å². The van der Waals surface area contributed by atoms with Crippen molar-refractivity contribution in [3.8, 4) is 0 Å². The van der Waals surface area contributed by atoms with Gasteiger partial charge in [-0.05, 0) is 25.1 Å². The maximum Gasteiger partial charge on any atom is 0.328 e. The fourth-order valence-electron chi connectivity index (χ4n) is 1.55. The molecule has 0 aromatic heterocycles. The number of carboxylic acids is 1. The molecule has 20 heavy (non-hydrogen) atoms. The minimum atomic E-state index is -1.40. The van der Waals surface area contributed by atoms with Gasteiger partial charge >= 0.3 is 5.97 Å². The van der Waals surface area contributed by atoms with Gasteiger partial charge < -0.3 is 20.8 Å². The summed E-state index contributed by atoms with van der Waals surface area (Å²) in [5.41, 5.74) is 0.609. The Labute approximate surface area is 115 Å². The number of aliphatic carboxylic acids is 1. The zero-order valence-electron chi connectivity index (χ0n) is 11.1. The Hall–Kier alpha value is -2.41. The predicted octanol–water partition coefficient (Wildman–Crippen LogP) is 0.209. The molecule has 0 aliphatic heterocycles. The number of aliphatic hydroxyl groups excluding tert-OH is 1. The molecule has 1 aromatic carbocycles. The van der Waals surface area contributed by atoms with E-state index in [0.29, 0.717) is 5.69 Å². The molecular formula is C13H16N2O5. The topological polar surface area (TPSA) is 116 Å². The molecule has 1 aromatic rings. The van der Waals surface area contributed by atoms with E-state index < -0.39 is 24.0 Å². The van der Waals surface area contributed by atoms with Gasteiger partial charge in [-0.3, -0.25) is 9.59 Å². The van der Waals surface area contributed by atoms with Crippen molar-refractivity contribution in [2.75, 3.05) is 5.32 Å². The summed E-state index contributed by atoms with van der Waals surface area (Å²) in [4.78, 5) is 33.7. The molecule has 0 spiro atoms. The first-order chi connectivity index (χ1) is 9.31. The monoisotopic (exact) mass is 280 g/mol. The zero-order chi connectivity index (χ0) is 15.3. The molecule has 0 fully saturated rings. The largest absolute Gasteiger partial charge is 0.480 e. The van der Waals surface area contributed by atoms with Crippen LogP contribution in [-0.2, 0) is 9.59 Å². The van der Waals surface area contributed by atoms with E-state index in [-0.39, 0.29) is 11.5 Å². The number of benzene rings is 1. The Kier molecular flexibility index (Phi) is 5.22. The Morgan fingerprint density at radius 3 is 2.40 bits per heavy atom. The fourth-order valence-corrected chi connectivity index (χ4v) is 1.55. The first kappa shape index (κ1) is 15.6. The minimum absolute atomic E-state index is 0.183. The SMILES string of the molecule is CC(=O)Nc1cccc(C(=O)NC(C(=O)O)C(C)O)c1. The fraction of sp³-hybridized carbons (Fsp3) is 0.308. The van der Waals surface area contributed by atoms with Crippen molar-refractivity contribution < 1.29 is 24.6 Å². The molecule has 0 saturated heterocycles. The highest BCUT2D eigenvalue weighted by Gasteiger charge is 2.25. The Bertz CT molecular complexity index is 527. The number of hydrogen-bond donors (Lipinski definition) is 4. The summed E-state index contributed by atoms with van der Waals surface area (Å²) >= 11 is 0. The first-order valence-corrected chi connectivity index (χ1v) is 5.90. The third-order valence-corrected chi connectivity index (χ3v) is 2.48. The van der Waals surface area contributed by atoms with Gasteiger partial charge in [0.2, 0.25) is 5.91 Å². The molecular weight excluding hydrogens is 264 g/mol. The number of carbonyl (C=O) groups is 3. The van der Waals surface area contributed by atoms with E-state index in [2.05, 4.69) is 10.6 Å². The third kappa shape index (κ3) is 4.36. The maximum absolute atomic E-state index is 11.9. The summed E-state index contributed by atoms with van der Waals surface area (Å²) in [5, 5.41) is 22.9. The van der Waals surface area contributed by atoms with Crippen molar-refractivity contribution in [1.29, 1.82) is 0 Å². The number of carboxylic acid groups (broad SMARTS) is 1. The highest BCUT2D eigenvalue weighted by atomic mass is 16.4. The summed E-state index contributed by atoms with van der Waals surface area (Å²) in [5.74, 6) is -2.26. The summed E-state index contributed by atoms with van der Waals surface area (Å²) in [6.45, 7) is 2.60. The van der Waals surface area contributed by atoms with E-state index in [9.17, 15) is 19.5 Å². The molecule has 0 saturated carbocycles. The van der Waals surface area contributed by atoms with Crippen LogP contribution in [0.4, 0.5) is 5.69 Å². The number of rotatable bonds is 5. The number of amides is 2. The minimum Gasteiger partial charge on any atom is -0.480 e. The van der Waals surface area contributed by atoms with Crippen LogP contribution < -0.4 is 10.6 Å². The highest BCUT2D eigenvalue weighted by molar-refractivity contribution is 5.98. The van der Waals surface area contributed by atoms with E-state index in [4.69, 9.17) is 5.11 Å². The van der Waals surface area contributed by atoms with Crippen LogP contribution in [0.3, 0.4) is 0 Å². The van der Waals surface area contributed by atoms with Gasteiger partial charge in [0.15, 0.2) is 6.04 Å². The van der Waals surface area contributed by atoms with Crippen LogP contribution in [0.15, 0.2) is 24.3 Å². The molecule has 0 bridgehead atoms. The van der Waals surface area contributed by atoms with Gasteiger partial charge in [0, 0.05) is 18.2 Å². The molecule has 4 N–H and O–H groups in total. The molecule has 7 heteroatoms. The molecule has 2 unspecified atom stereocenters. The van der Waals surface area contributed by atoms with E-state index in [0.717, 1.165) is 0 Å². The van der Waals surface area contributed by atoms with Gasteiger partial charge in [-0.25, -0.2) is 4.79 Å². The van der Waals surface area contributed by atoms with Gasteiger partial charge in [-0.15, -0.1) is 0 Å². The molecule has 0 radical (unpaired) electrons. The number of nitrogens with one attached hydrogen (secondary N) is 2. The van der Waals surface area contributed by atoms with E-state index in [1.54, 1.807) is 12.1 Å². The van der Waals surface area contributed by atoms with Gasteiger partial charge in [0.1, 0.15) is 0 Å². The molecule has 2 atom stereocenters. The lowest BCUT2D eigenvalue weighted by Gasteiger charge is -2.17. The van der Waals surface area contributed by atoms with Crippen molar-refractivity contribution in [3.05, 3.63) is 29.8 Å².